The van der Waals surface area contributed by atoms with Crippen molar-refractivity contribution in [1.82, 2.24) is 4.57 Å². The van der Waals surface area contributed by atoms with Gasteiger partial charge in [-0.25, -0.2) is 0 Å². The number of rotatable bonds is 5. The number of aromatic nitrogens is 1. The van der Waals surface area contributed by atoms with E-state index in [0.717, 1.165) is 5.56 Å². The van der Waals surface area contributed by atoms with Gasteiger partial charge in [-0.05, 0) is 24.6 Å². The Hall–Kier alpha value is -2.63. The van der Waals surface area contributed by atoms with E-state index in [9.17, 15) is 14.9 Å². The minimum absolute atomic E-state index is 0.111. The summed E-state index contributed by atoms with van der Waals surface area (Å²) in [6.07, 6.45) is 1.22. The van der Waals surface area contributed by atoms with Crippen molar-refractivity contribution in [3.8, 4) is 5.75 Å². The Morgan fingerprint density at radius 3 is 2.80 bits per heavy atom. The van der Waals surface area contributed by atoms with Crippen LogP contribution in [0, 0.1) is 17.0 Å². The van der Waals surface area contributed by atoms with Crippen LogP contribution in [0.3, 0.4) is 0 Å². The Kier molecular flexibility index (Phi) is 4.14. The molecule has 2 aromatic rings. The maximum atomic E-state index is 11.6. The van der Waals surface area contributed by atoms with Gasteiger partial charge < -0.3 is 9.30 Å². The topological polar surface area (TPSA) is 74.4 Å². The first kappa shape index (κ1) is 13.8. The molecule has 0 amide bonds. The van der Waals surface area contributed by atoms with Gasteiger partial charge in [0.2, 0.25) is 0 Å². The molecule has 0 bridgehead atoms. The standard InChI is InChI=1S/C14H14N2O4/c1-11-3-2-4-13(9-11)20-8-7-15-10-12(16(18)19)5-6-14(15)17/h2-6,9-10H,7-8H2,1H3. The van der Waals surface area contributed by atoms with Gasteiger partial charge in [-0.1, -0.05) is 12.1 Å². The number of pyridine rings is 1. The number of nitrogens with zero attached hydrogens (tertiary/aromatic N) is 2. The van der Waals surface area contributed by atoms with E-state index in [1.807, 2.05) is 31.2 Å². The highest BCUT2D eigenvalue weighted by atomic mass is 16.6. The molecule has 6 nitrogen and oxygen atoms in total. The number of benzene rings is 1. The molecule has 0 atom stereocenters. The molecular weight excluding hydrogens is 260 g/mol. The second-order valence-electron chi connectivity index (χ2n) is 4.34. The first-order valence-corrected chi connectivity index (χ1v) is 6.10. The molecule has 2 rings (SSSR count). The molecule has 0 fully saturated rings. The molecule has 0 spiro atoms. The fraction of sp³-hybridized carbons (Fsp3) is 0.214. The summed E-state index contributed by atoms with van der Waals surface area (Å²) in [5.74, 6) is 0.712. The molecule has 0 N–H and O–H groups in total. The van der Waals surface area contributed by atoms with Crippen molar-refractivity contribution in [2.75, 3.05) is 6.61 Å². The number of hydrogen-bond acceptors (Lipinski definition) is 4. The van der Waals surface area contributed by atoms with Crippen LogP contribution in [-0.2, 0) is 6.54 Å². The summed E-state index contributed by atoms with van der Waals surface area (Å²) in [4.78, 5) is 21.7. The Labute approximate surface area is 115 Å². The van der Waals surface area contributed by atoms with Crippen molar-refractivity contribution in [1.29, 1.82) is 0 Å². The van der Waals surface area contributed by atoms with Crippen LogP contribution in [-0.4, -0.2) is 16.1 Å². The van der Waals surface area contributed by atoms with Gasteiger partial charge >= 0.3 is 0 Å². The molecule has 0 saturated heterocycles. The van der Waals surface area contributed by atoms with E-state index in [4.69, 9.17) is 4.74 Å². The predicted octanol–water partition coefficient (Wildman–Crippen LogP) is 2.14. The van der Waals surface area contributed by atoms with Gasteiger partial charge in [0.25, 0.3) is 11.2 Å². The van der Waals surface area contributed by atoms with Crippen LogP contribution in [0.2, 0.25) is 0 Å². The van der Waals surface area contributed by atoms with Gasteiger partial charge in [-0.15, -0.1) is 0 Å². The third-order valence-corrected chi connectivity index (χ3v) is 2.77. The maximum Gasteiger partial charge on any atom is 0.285 e. The lowest BCUT2D eigenvalue weighted by Crippen LogP contribution is -2.22. The highest BCUT2D eigenvalue weighted by molar-refractivity contribution is 5.27. The van der Waals surface area contributed by atoms with Gasteiger partial charge in [0.15, 0.2) is 0 Å². The summed E-state index contributed by atoms with van der Waals surface area (Å²) in [7, 11) is 0. The summed E-state index contributed by atoms with van der Waals surface area (Å²) in [6.45, 7) is 2.48. The molecule has 0 radical (unpaired) electrons. The predicted molar refractivity (Wildman–Crippen MR) is 74.0 cm³/mol. The molecule has 6 heteroatoms. The van der Waals surface area contributed by atoms with Crippen LogP contribution < -0.4 is 10.3 Å². The van der Waals surface area contributed by atoms with Crippen LogP contribution in [0.1, 0.15) is 5.56 Å². The van der Waals surface area contributed by atoms with Crippen LogP contribution >= 0.6 is 0 Å². The van der Waals surface area contributed by atoms with Crippen LogP contribution in [0.4, 0.5) is 5.69 Å². The molecule has 0 aliphatic carbocycles. The normalized spacial score (nSPS) is 10.2. The molecule has 0 saturated carbocycles. The third kappa shape index (κ3) is 3.44. The highest BCUT2D eigenvalue weighted by Crippen LogP contribution is 2.12. The minimum Gasteiger partial charge on any atom is -0.492 e. The zero-order valence-electron chi connectivity index (χ0n) is 11.0. The molecule has 0 aliphatic heterocycles. The molecule has 0 aliphatic rings. The van der Waals surface area contributed by atoms with Crippen molar-refractivity contribution in [3.05, 3.63) is 68.6 Å². The number of nitro groups is 1. The molecule has 104 valence electrons. The Bertz CT molecular complexity index is 679. The Balaban J connectivity index is 2.02. The largest absolute Gasteiger partial charge is 0.492 e. The second-order valence-corrected chi connectivity index (χ2v) is 4.34. The molecule has 1 aromatic carbocycles. The molecular formula is C14H14N2O4. The molecule has 1 heterocycles. The van der Waals surface area contributed by atoms with E-state index in [2.05, 4.69) is 0 Å². The van der Waals surface area contributed by atoms with Crippen molar-refractivity contribution >= 4 is 5.69 Å². The maximum absolute atomic E-state index is 11.6. The smallest absolute Gasteiger partial charge is 0.285 e. The van der Waals surface area contributed by atoms with Crippen LogP contribution in [0.5, 0.6) is 5.75 Å². The summed E-state index contributed by atoms with van der Waals surface area (Å²) < 4.78 is 6.79. The molecule has 20 heavy (non-hydrogen) atoms. The summed E-state index contributed by atoms with van der Waals surface area (Å²) in [5, 5.41) is 10.7. The average molecular weight is 274 g/mol. The lowest BCUT2D eigenvalue weighted by Gasteiger charge is -2.08. The zero-order valence-corrected chi connectivity index (χ0v) is 11.0. The van der Waals surface area contributed by atoms with Gasteiger partial charge in [-0.3, -0.25) is 14.9 Å². The number of aryl methyl sites for hydroxylation is 1. The van der Waals surface area contributed by atoms with Crippen molar-refractivity contribution in [3.63, 3.8) is 0 Å². The Morgan fingerprint density at radius 2 is 2.10 bits per heavy atom. The second kappa shape index (κ2) is 6.01. The van der Waals surface area contributed by atoms with E-state index >= 15 is 0 Å². The fourth-order valence-electron chi connectivity index (χ4n) is 1.77. The zero-order chi connectivity index (χ0) is 14.5. The van der Waals surface area contributed by atoms with Gasteiger partial charge in [0, 0.05) is 12.1 Å². The minimum atomic E-state index is -0.530. The first-order chi connectivity index (χ1) is 9.56. The summed E-state index contributed by atoms with van der Waals surface area (Å²) >= 11 is 0. The quantitative estimate of drug-likeness (QED) is 0.618. The van der Waals surface area contributed by atoms with Gasteiger partial charge in [0.05, 0.1) is 17.7 Å². The van der Waals surface area contributed by atoms with Crippen LogP contribution in [0.15, 0.2) is 47.4 Å². The number of hydrogen-bond donors (Lipinski definition) is 0. The third-order valence-electron chi connectivity index (χ3n) is 2.77. The monoisotopic (exact) mass is 274 g/mol. The van der Waals surface area contributed by atoms with E-state index in [-0.39, 0.29) is 24.4 Å². The van der Waals surface area contributed by atoms with E-state index in [0.29, 0.717) is 5.75 Å². The summed E-state index contributed by atoms with van der Waals surface area (Å²) in [5.41, 5.74) is 0.679. The number of ether oxygens (including phenoxy) is 1. The van der Waals surface area contributed by atoms with Gasteiger partial charge in [-0.2, -0.15) is 0 Å². The highest BCUT2D eigenvalue weighted by Gasteiger charge is 2.07. The van der Waals surface area contributed by atoms with Crippen LogP contribution in [0.25, 0.3) is 0 Å². The van der Waals surface area contributed by atoms with E-state index < -0.39 is 4.92 Å². The lowest BCUT2D eigenvalue weighted by atomic mass is 10.2. The van der Waals surface area contributed by atoms with Crippen molar-refractivity contribution in [2.24, 2.45) is 0 Å². The summed E-state index contributed by atoms with van der Waals surface area (Å²) in [6, 6.07) is 9.92. The SMILES string of the molecule is Cc1cccc(OCCn2cc([N+](=O)[O-])ccc2=O)c1. The van der Waals surface area contributed by atoms with E-state index in [1.54, 1.807) is 0 Å². The first-order valence-electron chi connectivity index (χ1n) is 6.10. The molecule has 0 unspecified atom stereocenters. The van der Waals surface area contributed by atoms with Crippen molar-refractivity contribution in [2.45, 2.75) is 13.5 Å². The Morgan fingerprint density at radius 1 is 1.30 bits per heavy atom. The van der Waals surface area contributed by atoms with Crippen molar-refractivity contribution < 1.29 is 9.66 Å². The van der Waals surface area contributed by atoms with Gasteiger partial charge in [0.1, 0.15) is 12.4 Å². The average Bonchev–Trinajstić information content (AvgIpc) is 2.40. The fourth-order valence-corrected chi connectivity index (χ4v) is 1.77. The lowest BCUT2D eigenvalue weighted by molar-refractivity contribution is -0.385. The van der Waals surface area contributed by atoms with E-state index in [1.165, 1.54) is 22.9 Å². The molecule has 1 aromatic heterocycles.